The number of aryl methyl sites for hydroxylation is 1. The quantitative estimate of drug-likeness (QED) is 0.458. The standard InChI is InChI=1S/C19H13ClN2O3S2/c1-22-12-14(19(23)13-4-6-15(20)7-5-13)9-16(22)10-17(11-21)27(24,25)18-3-2-8-26-18/h2-10,12H,1H3/b17-10+. The van der Waals surface area contributed by atoms with E-state index in [9.17, 15) is 18.5 Å². The summed E-state index contributed by atoms with van der Waals surface area (Å²) >= 11 is 6.89. The molecular weight excluding hydrogens is 404 g/mol. The molecule has 3 aromatic rings. The number of benzene rings is 1. The van der Waals surface area contributed by atoms with Crippen LogP contribution in [0, 0.1) is 11.3 Å². The number of ketones is 1. The molecule has 0 amide bonds. The summed E-state index contributed by atoms with van der Waals surface area (Å²) in [6, 6.07) is 12.9. The molecule has 0 bridgehead atoms. The third-order valence-electron chi connectivity index (χ3n) is 3.85. The van der Waals surface area contributed by atoms with Gasteiger partial charge in [-0.05, 0) is 47.9 Å². The molecule has 2 heterocycles. The molecule has 0 aliphatic rings. The Labute approximate surface area is 165 Å². The number of halogens is 1. The third kappa shape index (κ3) is 3.88. The number of nitrogens with zero attached hydrogens (tertiary/aromatic N) is 2. The zero-order valence-corrected chi connectivity index (χ0v) is 16.5. The number of carbonyl (C=O) groups is 1. The van der Waals surface area contributed by atoms with Crippen molar-refractivity contribution in [3.8, 4) is 6.07 Å². The molecule has 0 saturated carbocycles. The number of nitriles is 1. The highest BCUT2D eigenvalue weighted by Gasteiger charge is 2.22. The van der Waals surface area contributed by atoms with Crippen LogP contribution in [0.15, 0.2) is 63.2 Å². The highest BCUT2D eigenvalue weighted by molar-refractivity contribution is 7.97. The lowest BCUT2D eigenvalue weighted by Gasteiger charge is -2.00. The number of aromatic nitrogens is 1. The summed E-state index contributed by atoms with van der Waals surface area (Å²) in [7, 11) is -2.21. The van der Waals surface area contributed by atoms with Crippen LogP contribution in [0.25, 0.3) is 6.08 Å². The van der Waals surface area contributed by atoms with Gasteiger partial charge in [-0.2, -0.15) is 5.26 Å². The molecule has 2 aromatic heterocycles. The lowest BCUT2D eigenvalue weighted by atomic mass is 10.1. The minimum atomic E-state index is -3.89. The normalized spacial score (nSPS) is 12.0. The van der Waals surface area contributed by atoms with Gasteiger partial charge in [-0.1, -0.05) is 17.7 Å². The largest absolute Gasteiger partial charge is 0.350 e. The summed E-state index contributed by atoms with van der Waals surface area (Å²) in [4.78, 5) is 12.2. The average Bonchev–Trinajstić information content (AvgIpc) is 3.30. The van der Waals surface area contributed by atoms with Crippen molar-refractivity contribution in [1.29, 1.82) is 5.26 Å². The molecule has 0 spiro atoms. The number of sulfone groups is 1. The lowest BCUT2D eigenvalue weighted by molar-refractivity contribution is 0.103. The zero-order chi connectivity index (χ0) is 19.6. The van der Waals surface area contributed by atoms with Crippen molar-refractivity contribution in [2.45, 2.75) is 4.21 Å². The Kier molecular flexibility index (Phi) is 5.33. The topological polar surface area (TPSA) is 79.9 Å². The van der Waals surface area contributed by atoms with E-state index in [0.29, 0.717) is 21.8 Å². The second-order valence-corrected chi connectivity index (χ2v) is 9.19. The van der Waals surface area contributed by atoms with Crippen molar-refractivity contribution in [3.05, 3.63) is 80.8 Å². The predicted molar refractivity (Wildman–Crippen MR) is 105 cm³/mol. The first-order valence-electron chi connectivity index (χ1n) is 7.70. The van der Waals surface area contributed by atoms with Crippen LogP contribution >= 0.6 is 22.9 Å². The molecule has 0 aliphatic heterocycles. The summed E-state index contributed by atoms with van der Waals surface area (Å²) in [5.74, 6) is -0.221. The molecule has 0 saturated heterocycles. The average molecular weight is 417 g/mol. The third-order valence-corrected chi connectivity index (χ3v) is 7.17. The van der Waals surface area contributed by atoms with E-state index in [1.165, 1.54) is 12.1 Å². The van der Waals surface area contributed by atoms with Gasteiger partial charge < -0.3 is 4.57 Å². The Morgan fingerprint density at radius 3 is 2.52 bits per heavy atom. The van der Waals surface area contributed by atoms with Gasteiger partial charge in [0.2, 0.25) is 9.84 Å². The first-order chi connectivity index (χ1) is 12.8. The van der Waals surface area contributed by atoms with Gasteiger partial charge in [0.1, 0.15) is 10.3 Å². The van der Waals surface area contributed by atoms with Crippen LogP contribution in [0.1, 0.15) is 21.6 Å². The van der Waals surface area contributed by atoms with Gasteiger partial charge in [-0.15, -0.1) is 11.3 Å². The van der Waals surface area contributed by atoms with E-state index in [-0.39, 0.29) is 14.9 Å². The minimum absolute atomic E-state index is 0.0990. The second kappa shape index (κ2) is 7.53. The van der Waals surface area contributed by atoms with Gasteiger partial charge in [0.25, 0.3) is 0 Å². The SMILES string of the molecule is Cn1cc(C(=O)c2ccc(Cl)cc2)cc1/C=C(\C#N)S(=O)(=O)c1cccs1. The molecule has 5 nitrogen and oxygen atoms in total. The summed E-state index contributed by atoms with van der Waals surface area (Å²) in [5.41, 5.74) is 1.29. The van der Waals surface area contributed by atoms with Crippen molar-refractivity contribution < 1.29 is 13.2 Å². The van der Waals surface area contributed by atoms with Crippen molar-refractivity contribution >= 4 is 44.6 Å². The molecule has 8 heteroatoms. The van der Waals surface area contributed by atoms with Gasteiger partial charge in [0, 0.05) is 35.1 Å². The number of allylic oxidation sites excluding steroid dienone is 1. The van der Waals surface area contributed by atoms with Crippen LogP contribution in [-0.4, -0.2) is 18.8 Å². The molecule has 0 fully saturated rings. The highest BCUT2D eigenvalue weighted by atomic mass is 35.5. The monoisotopic (exact) mass is 416 g/mol. The Morgan fingerprint density at radius 1 is 1.22 bits per heavy atom. The molecule has 1 aromatic carbocycles. The summed E-state index contributed by atoms with van der Waals surface area (Å²) in [6.07, 6.45) is 2.86. The van der Waals surface area contributed by atoms with E-state index in [1.807, 2.05) is 0 Å². The maximum absolute atomic E-state index is 12.6. The van der Waals surface area contributed by atoms with Crippen LogP contribution in [0.5, 0.6) is 0 Å². The Hall–Kier alpha value is -2.66. The van der Waals surface area contributed by atoms with E-state index in [0.717, 1.165) is 11.3 Å². The van der Waals surface area contributed by atoms with Gasteiger partial charge in [-0.25, -0.2) is 8.42 Å². The van der Waals surface area contributed by atoms with E-state index >= 15 is 0 Å². The molecule has 0 unspecified atom stereocenters. The van der Waals surface area contributed by atoms with Gasteiger partial charge in [-0.3, -0.25) is 4.79 Å². The zero-order valence-electron chi connectivity index (χ0n) is 14.1. The van der Waals surface area contributed by atoms with Crippen LogP contribution in [0.3, 0.4) is 0 Å². The van der Waals surface area contributed by atoms with Crippen molar-refractivity contribution in [3.63, 3.8) is 0 Å². The Morgan fingerprint density at radius 2 is 1.93 bits per heavy atom. The number of hydrogen-bond acceptors (Lipinski definition) is 5. The van der Waals surface area contributed by atoms with Gasteiger partial charge >= 0.3 is 0 Å². The van der Waals surface area contributed by atoms with E-state index in [1.54, 1.807) is 65.7 Å². The van der Waals surface area contributed by atoms with Crippen molar-refractivity contribution in [1.82, 2.24) is 4.57 Å². The van der Waals surface area contributed by atoms with Crippen LogP contribution in [0.2, 0.25) is 5.02 Å². The smallest absolute Gasteiger partial charge is 0.226 e. The predicted octanol–water partition coefficient (Wildman–Crippen LogP) is 4.31. The number of thiophene rings is 1. The first-order valence-corrected chi connectivity index (χ1v) is 10.4. The van der Waals surface area contributed by atoms with Crippen molar-refractivity contribution in [2.24, 2.45) is 7.05 Å². The van der Waals surface area contributed by atoms with E-state index in [4.69, 9.17) is 11.6 Å². The van der Waals surface area contributed by atoms with Crippen molar-refractivity contribution in [2.75, 3.05) is 0 Å². The fourth-order valence-corrected chi connectivity index (χ4v) is 4.83. The molecule has 27 heavy (non-hydrogen) atoms. The maximum atomic E-state index is 12.6. The Bertz CT molecular complexity index is 1170. The fourth-order valence-electron chi connectivity index (χ4n) is 2.45. The lowest BCUT2D eigenvalue weighted by Crippen LogP contribution is -2.02. The van der Waals surface area contributed by atoms with E-state index in [2.05, 4.69) is 0 Å². The molecule has 0 aliphatic carbocycles. The molecular formula is C19H13ClN2O3S2. The molecule has 0 N–H and O–H groups in total. The maximum Gasteiger partial charge on any atom is 0.226 e. The summed E-state index contributed by atoms with van der Waals surface area (Å²) in [6.45, 7) is 0. The van der Waals surface area contributed by atoms with Crippen LogP contribution in [-0.2, 0) is 16.9 Å². The number of rotatable bonds is 5. The van der Waals surface area contributed by atoms with E-state index < -0.39 is 9.84 Å². The number of carbonyl (C=O) groups excluding carboxylic acids is 1. The molecule has 0 radical (unpaired) electrons. The number of hydrogen-bond donors (Lipinski definition) is 0. The minimum Gasteiger partial charge on any atom is -0.350 e. The van der Waals surface area contributed by atoms with Gasteiger partial charge in [0.05, 0.1) is 0 Å². The van der Waals surface area contributed by atoms with Crippen LogP contribution in [0.4, 0.5) is 0 Å². The molecule has 0 atom stereocenters. The molecule has 3 rings (SSSR count). The van der Waals surface area contributed by atoms with Gasteiger partial charge in [0.15, 0.2) is 10.7 Å². The summed E-state index contributed by atoms with van der Waals surface area (Å²) < 4.78 is 26.8. The summed E-state index contributed by atoms with van der Waals surface area (Å²) in [5, 5.41) is 11.5. The second-order valence-electron chi connectivity index (χ2n) is 5.66. The first kappa shape index (κ1) is 19.1. The Balaban J connectivity index is 1.99. The fraction of sp³-hybridized carbons (Fsp3) is 0.0526. The molecule has 136 valence electrons. The highest BCUT2D eigenvalue weighted by Crippen LogP contribution is 2.25. The van der Waals surface area contributed by atoms with Crippen LogP contribution < -0.4 is 0 Å².